The van der Waals surface area contributed by atoms with Crippen molar-refractivity contribution in [2.24, 2.45) is 0 Å². The summed E-state index contributed by atoms with van der Waals surface area (Å²) in [7, 11) is 0. The minimum Gasteiger partial charge on any atom is -0.319 e. The van der Waals surface area contributed by atoms with Crippen LogP contribution < -0.4 is 5.32 Å². The minimum absolute atomic E-state index is 0.236. The number of amides is 1. The number of carbonyl (C=O) groups is 1. The molecule has 0 aromatic carbocycles. The normalized spacial score (nSPS) is 15.4. The fourth-order valence-electron chi connectivity index (χ4n) is 3.43. The Kier molecular flexibility index (Phi) is 4.48. The van der Waals surface area contributed by atoms with Crippen molar-refractivity contribution >= 4 is 33.2 Å². The molecule has 1 fully saturated rings. The Bertz CT molecular complexity index is 917. The highest BCUT2D eigenvalue weighted by molar-refractivity contribution is 9.10. The van der Waals surface area contributed by atoms with E-state index in [2.05, 4.69) is 36.3 Å². The molecule has 25 heavy (non-hydrogen) atoms. The maximum atomic E-state index is 12.7. The first-order valence-electron chi connectivity index (χ1n) is 8.47. The van der Waals surface area contributed by atoms with Crippen LogP contribution in [0.3, 0.4) is 0 Å². The van der Waals surface area contributed by atoms with Crippen LogP contribution in [0.1, 0.15) is 54.1 Å². The van der Waals surface area contributed by atoms with Gasteiger partial charge in [0.05, 0.1) is 22.6 Å². The highest BCUT2D eigenvalue weighted by Crippen LogP contribution is 2.36. The molecule has 1 aliphatic carbocycles. The fraction of sp³-hybridized carbons (Fsp3) is 0.333. The van der Waals surface area contributed by atoms with Crippen molar-refractivity contribution < 1.29 is 4.79 Å². The molecular weight excluding hydrogens is 382 g/mol. The molecular formula is C18H18BrN5O. The molecule has 0 saturated heterocycles. The summed E-state index contributed by atoms with van der Waals surface area (Å²) in [6.07, 6.45) is 13.0. The molecule has 3 heterocycles. The third-order valence-electron chi connectivity index (χ3n) is 4.71. The Balaban J connectivity index is 1.60. The summed E-state index contributed by atoms with van der Waals surface area (Å²) in [5.41, 5.74) is 2.93. The number of nitrogens with one attached hydrogen (secondary N) is 1. The number of rotatable bonds is 3. The van der Waals surface area contributed by atoms with E-state index in [-0.39, 0.29) is 5.91 Å². The number of anilines is 1. The molecule has 1 aliphatic rings. The van der Waals surface area contributed by atoms with Crippen LogP contribution in [0.4, 0.5) is 5.69 Å². The summed E-state index contributed by atoms with van der Waals surface area (Å²) < 4.78 is 2.38. The first kappa shape index (κ1) is 16.2. The predicted octanol–water partition coefficient (Wildman–Crippen LogP) is 4.19. The molecule has 0 bridgehead atoms. The summed E-state index contributed by atoms with van der Waals surface area (Å²) in [4.78, 5) is 21.3. The van der Waals surface area contributed by atoms with Gasteiger partial charge in [0.15, 0.2) is 5.65 Å². The second-order valence-corrected chi connectivity index (χ2v) is 7.18. The van der Waals surface area contributed by atoms with Gasteiger partial charge in [-0.05, 0) is 52.4 Å². The van der Waals surface area contributed by atoms with Crippen LogP contribution in [0.2, 0.25) is 0 Å². The van der Waals surface area contributed by atoms with E-state index in [0.29, 0.717) is 17.3 Å². The zero-order valence-corrected chi connectivity index (χ0v) is 15.2. The van der Waals surface area contributed by atoms with Crippen molar-refractivity contribution in [3.8, 4) is 0 Å². The van der Waals surface area contributed by atoms with Crippen molar-refractivity contribution in [2.75, 3.05) is 5.32 Å². The molecule has 6 nitrogen and oxygen atoms in total. The van der Waals surface area contributed by atoms with Gasteiger partial charge in [0.2, 0.25) is 0 Å². The van der Waals surface area contributed by atoms with Crippen molar-refractivity contribution in [1.29, 1.82) is 0 Å². The Morgan fingerprint density at radius 3 is 2.88 bits per heavy atom. The first-order chi connectivity index (χ1) is 12.2. The largest absolute Gasteiger partial charge is 0.319 e. The Hall–Kier alpha value is -2.28. The molecule has 3 aromatic heterocycles. The number of aromatic nitrogens is 4. The van der Waals surface area contributed by atoms with E-state index in [4.69, 9.17) is 0 Å². The summed E-state index contributed by atoms with van der Waals surface area (Å²) >= 11 is 3.39. The van der Waals surface area contributed by atoms with Gasteiger partial charge in [-0.1, -0.05) is 19.3 Å². The molecule has 1 N–H and O–H groups in total. The molecule has 128 valence electrons. The number of nitrogens with zero attached hydrogens (tertiary/aromatic N) is 4. The van der Waals surface area contributed by atoms with Crippen molar-refractivity contribution in [3.63, 3.8) is 0 Å². The first-order valence-corrected chi connectivity index (χ1v) is 9.27. The number of fused-ring (bicyclic) bond motifs is 1. The average molecular weight is 400 g/mol. The van der Waals surface area contributed by atoms with Crippen molar-refractivity contribution in [2.45, 2.75) is 38.0 Å². The van der Waals surface area contributed by atoms with Gasteiger partial charge in [0.25, 0.3) is 5.91 Å². The molecule has 0 aliphatic heterocycles. The standard InChI is InChI=1S/C18H18BrN5O/c19-14-10-21-24-9-7-15(22-17(14)24)18(25)23-16-11-20-8-6-13(16)12-4-2-1-3-5-12/h6-12H,1-5H2,(H,23,25). The number of halogens is 1. The van der Waals surface area contributed by atoms with Gasteiger partial charge in [-0.25, -0.2) is 9.50 Å². The van der Waals surface area contributed by atoms with E-state index in [0.717, 1.165) is 10.2 Å². The molecule has 1 amide bonds. The SMILES string of the molecule is O=C(Nc1cnccc1C1CCCCC1)c1ccn2ncc(Br)c2n1. The fourth-order valence-corrected chi connectivity index (χ4v) is 3.79. The van der Waals surface area contributed by atoms with Gasteiger partial charge in [-0.2, -0.15) is 5.10 Å². The lowest BCUT2D eigenvalue weighted by atomic mass is 9.84. The molecule has 0 unspecified atom stereocenters. The van der Waals surface area contributed by atoms with Crippen LogP contribution in [-0.2, 0) is 0 Å². The van der Waals surface area contributed by atoms with E-state index in [9.17, 15) is 4.79 Å². The number of hydrogen-bond donors (Lipinski definition) is 1. The van der Waals surface area contributed by atoms with Crippen molar-refractivity contribution in [3.05, 3.63) is 52.7 Å². The molecule has 7 heteroatoms. The highest BCUT2D eigenvalue weighted by atomic mass is 79.9. The predicted molar refractivity (Wildman–Crippen MR) is 98.7 cm³/mol. The lowest BCUT2D eigenvalue weighted by molar-refractivity contribution is 0.102. The zero-order chi connectivity index (χ0) is 17.2. The van der Waals surface area contributed by atoms with Crippen LogP contribution in [0.5, 0.6) is 0 Å². The van der Waals surface area contributed by atoms with Crippen molar-refractivity contribution in [1.82, 2.24) is 19.6 Å². The number of carbonyl (C=O) groups excluding carboxylic acids is 1. The Labute approximate surface area is 153 Å². The van der Waals surface area contributed by atoms with Gasteiger partial charge in [-0.3, -0.25) is 9.78 Å². The van der Waals surface area contributed by atoms with Crippen LogP contribution in [0, 0.1) is 0 Å². The van der Waals surface area contributed by atoms with Gasteiger partial charge in [0.1, 0.15) is 5.69 Å². The molecule has 4 rings (SSSR count). The minimum atomic E-state index is -0.236. The quantitative estimate of drug-likeness (QED) is 0.716. The lowest BCUT2D eigenvalue weighted by Gasteiger charge is -2.24. The highest BCUT2D eigenvalue weighted by Gasteiger charge is 2.20. The smallest absolute Gasteiger partial charge is 0.274 e. The third-order valence-corrected chi connectivity index (χ3v) is 5.27. The van der Waals surface area contributed by atoms with Crippen LogP contribution >= 0.6 is 15.9 Å². The monoisotopic (exact) mass is 399 g/mol. The van der Waals surface area contributed by atoms with Crippen LogP contribution in [0.15, 0.2) is 41.4 Å². The summed E-state index contributed by atoms with van der Waals surface area (Å²) in [6, 6.07) is 3.69. The second-order valence-electron chi connectivity index (χ2n) is 6.33. The second kappa shape index (κ2) is 6.92. The van der Waals surface area contributed by atoms with Crippen LogP contribution in [0.25, 0.3) is 5.65 Å². The number of pyridine rings is 1. The van der Waals surface area contributed by atoms with E-state index in [1.807, 2.05) is 6.07 Å². The third kappa shape index (κ3) is 3.28. The summed E-state index contributed by atoms with van der Waals surface area (Å²) in [5, 5.41) is 7.14. The number of hydrogen-bond acceptors (Lipinski definition) is 4. The topological polar surface area (TPSA) is 72.2 Å². The van der Waals surface area contributed by atoms with E-state index in [1.165, 1.54) is 37.7 Å². The molecule has 1 saturated carbocycles. The maximum absolute atomic E-state index is 12.7. The molecule has 0 spiro atoms. The van der Waals surface area contributed by atoms with E-state index in [1.54, 1.807) is 35.4 Å². The molecule has 0 atom stereocenters. The summed E-state index contributed by atoms with van der Waals surface area (Å²) in [5.74, 6) is 0.257. The maximum Gasteiger partial charge on any atom is 0.274 e. The van der Waals surface area contributed by atoms with Gasteiger partial charge >= 0.3 is 0 Å². The molecule has 0 radical (unpaired) electrons. The lowest BCUT2D eigenvalue weighted by Crippen LogP contribution is -2.17. The van der Waals surface area contributed by atoms with Gasteiger partial charge in [-0.15, -0.1) is 0 Å². The zero-order valence-electron chi connectivity index (χ0n) is 13.7. The van der Waals surface area contributed by atoms with Crippen LogP contribution in [-0.4, -0.2) is 25.5 Å². The van der Waals surface area contributed by atoms with Gasteiger partial charge < -0.3 is 5.32 Å². The molecule has 3 aromatic rings. The summed E-state index contributed by atoms with van der Waals surface area (Å²) in [6.45, 7) is 0. The Morgan fingerprint density at radius 2 is 2.04 bits per heavy atom. The van der Waals surface area contributed by atoms with Gasteiger partial charge in [0, 0.05) is 12.4 Å². The van der Waals surface area contributed by atoms with E-state index >= 15 is 0 Å². The Morgan fingerprint density at radius 1 is 1.20 bits per heavy atom. The van der Waals surface area contributed by atoms with E-state index < -0.39 is 0 Å². The average Bonchev–Trinajstić information content (AvgIpc) is 3.03.